The van der Waals surface area contributed by atoms with Gasteiger partial charge in [-0.2, -0.15) is 0 Å². The molecule has 322 valence electrons. The number of amides is 2. The van der Waals surface area contributed by atoms with E-state index in [4.69, 9.17) is 9.05 Å². The van der Waals surface area contributed by atoms with Gasteiger partial charge in [-0.05, 0) is 12.8 Å². The molecular weight excluding hydrogens is 697 g/mol. The molecular formula is C44H90N3O6P. The van der Waals surface area contributed by atoms with E-state index in [-0.39, 0.29) is 31.5 Å². The van der Waals surface area contributed by atoms with Crippen LogP contribution in [0.3, 0.4) is 0 Å². The second-order valence-electron chi connectivity index (χ2n) is 17.0. The maximum Gasteiger partial charge on any atom is 0.268 e. The Balaban J connectivity index is 4.25. The normalized spacial score (nSPS) is 13.0. The molecule has 0 aromatic rings. The number of phosphoric ester groups is 1. The van der Waals surface area contributed by atoms with Crippen LogP contribution in [0.25, 0.3) is 0 Å². The predicted octanol–water partition coefficient (Wildman–Crippen LogP) is 11.3. The lowest BCUT2D eigenvalue weighted by Gasteiger charge is -2.30. The van der Waals surface area contributed by atoms with Gasteiger partial charge in [-0.1, -0.05) is 194 Å². The van der Waals surface area contributed by atoms with Crippen LogP contribution in [0.2, 0.25) is 0 Å². The average molecular weight is 788 g/mol. The number of hydrogen-bond donors (Lipinski definition) is 2. The molecule has 0 spiro atoms. The van der Waals surface area contributed by atoms with Crippen LogP contribution in [-0.2, 0) is 23.2 Å². The molecule has 1 atom stereocenters. The zero-order valence-electron chi connectivity index (χ0n) is 36.4. The molecule has 0 aromatic carbocycles. The summed E-state index contributed by atoms with van der Waals surface area (Å²) in [5, 5.41) is 5.65. The fraction of sp³-hybridized carbons (Fsp3) is 0.955. The fourth-order valence-electron chi connectivity index (χ4n) is 6.73. The average Bonchev–Trinajstić information content (AvgIpc) is 3.12. The third-order valence-electron chi connectivity index (χ3n) is 10.4. The Kier molecular flexibility index (Phi) is 36.9. The van der Waals surface area contributed by atoms with E-state index in [2.05, 4.69) is 24.5 Å². The molecule has 0 rings (SSSR count). The molecule has 10 heteroatoms. The van der Waals surface area contributed by atoms with Gasteiger partial charge in [0.25, 0.3) is 7.82 Å². The summed E-state index contributed by atoms with van der Waals surface area (Å²) in [5.41, 5.74) is 0. The van der Waals surface area contributed by atoms with Gasteiger partial charge in [0.1, 0.15) is 19.3 Å². The van der Waals surface area contributed by atoms with Crippen molar-refractivity contribution in [3.8, 4) is 0 Å². The van der Waals surface area contributed by atoms with Gasteiger partial charge in [0.2, 0.25) is 11.8 Å². The molecule has 0 fully saturated rings. The lowest BCUT2D eigenvalue weighted by Crippen LogP contribution is -2.42. The fourth-order valence-corrected chi connectivity index (χ4v) is 7.61. The summed E-state index contributed by atoms with van der Waals surface area (Å²) in [7, 11) is 1.22. The van der Waals surface area contributed by atoms with Crippen molar-refractivity contribution in [2.75, 3.05) is 47.4 Å². The first-order chi connectivity index (χ1) is 26.0. The van der Waals surface area contributed by atoms with Crippen LogP contribution in [0.5, 0.6) is 0 Å². The van der Waals surface area contributed by atoms with E-state index < -0.39 is 13.9 Å². The molecule has 0 aliphatic carbocycles. The van der Waals surface area contributed by atoms with Crippen LogP contribution in [-0.4, -0.2) is 69.8 Å². The van der Waals surface area contributed by atoms with Crippen LogP contribution in [0.15, 0.2) is 0 Å². The zero-order chi connectivity index (χ0) is 40.0. The van der Waals surface area contributed by atoms with Crippen molar-refractivity contribution in [3.05, 3.63) is 0 Å². The first-order valence-electron chi connectivity index (χ1n) is 23.0. The quantitative estimate of drug-likeness (QED) is 0.0361. The van der Waals surface area contributed by atoms with Gasteiger partial charge in [-0.3, -0.25) is 14.2 Å². The molecule has 0 radical (unpaired) electrons. The topological polar surface area (TPSA) is 117 Å². The molecule has 0 bridgehead atoms. The number of quaternary nitrogens is 1. The van der Waals surface area contributed by atoms with Gasteiger partial charge in [0, 0.05) is 25.9 Å². The zero-order valence-corrected chi connectivity index (χ0v) is 37.3. The Hall–Kier alpha value is -0.990. The van der Waals surface area contributed by atoms with Gasteiger partial charge < -0.3 is 29.1 Å². The van der Waals surface area contributed by atoms with Crippen LogP contribution < -0.4 is 15.5 Å². The SMILES string of the molecule is CCCCCCCCCCCCCCCCCC(=O)NCC(CNC(=O)CCCCCCCCCCCCCCCCC)OP(=O)([O-])OCC[N+](C)(C)C. The third-order valence-corrected chi connectivity index (χ3v) is 11.4. The number of likely N-dealkylation sites (N-methyl/N-ethyl adjacent to an activating group) is 1. The minimum atomic E-state index is -4.62. The van der Waals surface area contributed by atoms with Crippen molar-refractivity contribution in [1.82, 2.24) is 10.6 Å². The first-order valence-corrected chi connectivity index (χ1v) is 24.4. The van der Waals surface area contributed by atoms with E-state index in [0.717, 1.165) is 38.5 Å². The number of nitrogens with zero attached hydrogens (tertiary/aromatic N) is 1. The second kappa shape index (κ2) is 37.6. The molecule has 9 nitrogen and oxygen atoms in total. The maximum atomic E-state index is 12.6. The highest BCUT2D eigenvalue weighted by atomic mass is 31.2. The second-order valence-corrected chi connectivity index (χ2v) is 18.4. The smallest absolute Gasteiger partial charge is 0.268 e. The molecule has 2 amide bonds. The number of nitrogens with one attached hydrogen (secondary N) is 2. The summed E-state index contributed by atoms with van der Waals surface area (Å²) in [6.45, 7) is 4.99. The predicted molar refractivity (Wildman–Crippen MR) is 226 cm³/mol. The summed E-state index contributed by atoms with van der Waals surface area (Å²) in [4.78, 5) is 37.8. The van der Waals surface area contributed by atoms with Crippen LogP contribution in [0, 0.1) is 0 Å². The Morgan fingerprint density at radius 2 is 0.796 bits per heavy atom. The highest BCUT2D eigenvalue weighted by Gasteiger charge is 2.21. The number of unbranched alkanes of at least 4 members (excludes halogenated alkanes) is 28. The van der Waals surface area contributed by atoms with Gasteiger partial charge in [0.05, 0.1) is 21.1 Å². The molecule has 1 unspecified atom stereocenters. The minimum absolute atomic E-state index is 0.00585. The van der Waals surface area contributed by atoms with Crippen molar-refractivity contribution in [3.63, 3.8) is 0 Å². The van der Waals surface area contributed by atoms with E-state index in [0.29, 0.717) is 23.9 Å². The molecule has 54 heavy (non-hydrogen) atoms. The summed E-state index contributed by atoms with van der Waals surface area (Å²) in [6, 6.07) is 0. The minimum Gasteiger partial charge on any atom is -0.756 e. The number of carbonyl (C=O) groups is 2. The van der Waals surface area contributed by atoms with Crippen LogP contribution in [0.1, 0.15) is 219 Å². The highest BCUT2D eigenvalue weighted by Crippen LogP contribution is 2.39. The van der Waals surface area contributed by atoms with Crippen molar-refractivity contribution in [1.29, 1.82) is 0 Å². The monoisotopic (exact) mass is 788 g/mol. The van der Waals surface area contributed by atoms with Gasteiger partial charge in [0.15, 0.2) is 0 Å². The van der Waals surface area contributed by atoms with E-state index in [1.54, 1.807) is 0 Å². The van der Waals surface area contributed by atoms with Crippen molar-refractivity contribution < 1.29 is 32.6 Å². The largest absolute Gasteiger partial charge is 0.756 e. The van der Waals surface area contributed by atoms with Crippen LogP contribution >= 0.6 is 7.82 Å². The molecule has 2 N–H and O–H groups in total. The highest BCUT2D eigenvalue weighted by molar-refractivity contribution is 7.45. The summed E-state index contributed by atoms with van der Waals surface area (Å²) < 4.78 is 23.6. The Bertz CT molecular complexity index is 850. The lowest BCUT2D eigenvalue weighted by atomic mass is 10.0. The van der Waals surface area contributed by atoms with Gasteiger partial charge in [-0.25, -0.2) is 0 Å². The Morgan fingerprint density at radius 1 is 0.519 bits per heavy atom. The molecule has 0 aromatic heterocycles. The molecule has 0 saturated heterocycles. The maximum absolute atomic E-state index is 12.6. The molecule has 0 saturated carbocycles. The summed E-state index contributed by atoms with van der Waals surface area (Å²) in [5.74, 6) is -0.261. The first kappa shape index (κ1) is 53.0. The Labute approximate surface area is 334 Å². The lowest BCUT2D eigenvalue weighted by molar-refractivity contribution is -0.870. The van der Waals surface area contributed by atoms with E-state index in [1.807, 2.05) is 21.1 Å². The number of phosphoric acid groups is 1. The van der Waals surface area contributed by atoms with Crippen LogP contribution in [0.4, 0.5) is 0 Å². The molecule has 0 heterocycles. The van der Waals surface area contributed by atoms with Gasteiger partial charge in [-0.15, -0.1) is 0 Å². The number of rotatable bonds is 42. The third kappa shape index (κ3) is 40.7. The number of hydrogen-bond acceptors (Lipinski definition) is 6. The van der Waals surface area contributed by atoms with E-state index >= 15 is 0 Å². The van der Waals surface area contributed by atoms with Gasteiger partial charge >= 0.3 is 0 Å². The van der Waals surface area contributed by atoms with Crippen molar-refractivity contribution in [2.45, 2.75) is 225 Å². The molecule has 0 aliphatic heterocycles. The summed E-state index contributed by atoms with van der Waals surface area (Å²) in [6.07, 6.45) is 37.9. The van der Waals surface area contributed by atoms with Crippen molar-refractivity contribution >= 4 is 19.6 Å². The standard InChI is InChI=1S/C44H90N3O6P/c1-6-8-10-12-14-16-18-20-22-24-26-28-30-32-34-36-43(48)45-40-42(53-54(50,51)52-39-38-47(3,4)5)41-46-44(49)37-35-33-31-29-27-25-23-21-19-17-15-13-11-9-7-2/h42H,6-41H2,1-5H3,(H2-,45,46,48,49,50,51). The van der Waals surface area contributed by atoms with E-state index in [9.17, 15) is 19.0 Å². The van der Waals surface area contributed by atoms with E-state index in [1.165, 1.54) is 154 Å². The van der Waals surface area contributed by atoms with Crippen molar-refractivity contribution in [2.24, 2.45) is 0 Å². The molecule has 0 aliphatic rings. The summed E-state index contributed by atoms with van der Waals surface area (Å²) >= 11 is 0. The Morgan fingerprint density at radius 3 is 1.07 bits per heavy atom. The number of carbonyl (C=O) groups excluding carboxylic acids is 2.